The van der Waals surface area contributed by atoms with Crippen molar-refractivity contribution >= 4 is 35.1 Å². The molecule has 3 heterocycles. The third-order valence-corrected chi connectivity index (χ3v) is 5.67. The van der Waals surface area contributed by atoms with Gasteiger partial charge in [-0.2, -0.15) is 13.2 Å². The highest BCUT2D eigenvalue weighted by molar-refractivity contribution is 6.33. The van der Waals surface area contributed by atoms with Gasteiger partial charge in [0.25, 0.3) is 5.91 Å². The largest absolute Gasteiger partial charge is 0.417 e. The molecule has 2 fully saturated rings. The number of nitrogens with zero attached hydrogens (tertiary/aromatic N) is 3. The van der Waals surface area contributed by atoms with Crippen LogP contribution in [0.3, 0.4) is 0 Å². The van der Waals surface area contributed by atoms with Crippen LogP contribution >= 0.6 is 11.6 Å². The first-order valence-electron chi connectivity index (χ1n) is 10.2. The smallest absolute Gasteiger partial charge is 0.353 e. The second kappa shape index (κ2) is 8.57. The minimum Gasteiger partial charge on any atom is -0.353 e. The molecular weight excluding hydrogens is 447 g/mol. The topological polar surface area (TPSA) is 87.2 Å². The Labute approximate surface area is 187 Å². The summed E-state index contributed by atoms with van der Waals surface area (Å²) >= 11 is 6.03. The van der Waals surface area contributed by atoms with Gasteiger partial charge in [0.15, 0.2) is 0 Å². The molecule has 0 aromatic carbocycles. The minimum atomic E-state index is -4.52. The van der Waals surface area contributed by atoms with Crippen LogP contribution in [0.25, 0.3) is 0 Å². The van der Waals surface area contributed by atoms with Crippen LogP contribution in [0, 0.1) is 12.8 Å². The van der Waals surface area contributed by atoms with E-state index in [4.69, 9.17) is 11.6 Å². The first-order valence-corrected chi connectivity index (χ1v) is 10.6. The van der Waals surface area contributed by atoms with E-state index < -0.39 is 11.7 Å². The molecule has 1 aliphatic heterocycles. The molecule has 170 valence electrons. The summed E-state index contributed by atoms with van der Waals surface area (Å²) in [5, 5.41) is 5.57. The summed E-state index contributed by atoms with van der Waals surface area (Å²) in [6.07, 6.45) is -1.46. The second-order valence-electron chi connectivity index (χ2n) is 8.08. The Morgan fingerprint density at radius 3 is 2.59 bits per heavy atom. The fourth-order valence-corrected chi connectivity index (χ4v) is 3.88. The number of carbonyl (C=O) groups excluding carboxylic acids is 2. The van der Waals surface area contributed by atoms with Crippen molar-refractivity contribution in [3.8, 4) is 0 Å². The summed E-state index contributed by atoms with van der Waals surface area (Å²) in [4.78, 5) is 34.6. The number of amides is 2. The summed E-state index contributed by atoms with van der Waals surface area (Å²) in [5.41, 5.74) is 0.0539. The van der Waals surface area contributed by atoms with Gasteiger partial charge < -0.3 is 15.5 Å². The SMILES string of the molecule is Cc1cc(C(=O)NC2CCN(c3ncc(C(F)(F)F)cc3Cl)C2)cc(NC(=O)C2CC2)n1. The summed E-state index contributed by atoms with van der Waals surface area (Å²) in [5.74, 6) is 0.185. The van der Waals surface area contributed by atoms with Gasteiger partial charge in [0.1, 0.15) is 11.6 Å². The van der Waals surface area contributed by atoms with Gasteiger partial charge in [-0.1, -0.05) is 11.6 Å². The Bertz CT molecular complexity index is 1060. The van der Waals surface area contributed by atoms with Gasteiger partial charge in [-0.25, -0.2) is 9.97 Å². The summed E-state index contributed by atoms with van der Waals surface area (Å²) < 4.78 is 38.5. The van der Waals surface area contributed by atoms with Gasteiger partial charge in [0.2, 0.25) is 5.91 Å². The van der Waals surface area contributed by atoms with E-state index in [0.717, 1.165) is 25.1 Å². The first-order chi connectivity index (χ1) is 15.1. The van der Waals surface area contributed by atoms with E-state index in [0.29, 0.717) is 36.6 Å². The molecule has 7 nitrogen and oxygen atoms in total. The molecule has 1 atom stereocenters. The number of halogens is 4. The van der Waals surface area contributed by atoms with E-state index in [1.54, 1.807) is 17.9 Å². The second-order valence-corrected chi connectivity index (χ2v) is 8.49. The predicted molar refractivity (Wildman–Crippen MR) is 113 cm³/mol. The summed E-state index contributed by atoms with van der Waals surface area (Å²) in [6, 6.07) is 3.78. The molecule has 2 aromatic rings. The van der Waals surface area contributed by atoms with Crippen LogP contribution in [0.2, 0.25) is 5.02 Å². The number of carbonyl (C=O) groups is 2. The molecule has 2 aromatic heterocycles. The van der Waals surface area contributed by atoms with Crippen molar-refractivity contribution in [2.45, 2.75) is 38.4 Å². The van der Waals surface area contributed by atoms with E-state index in [9.17, 15) is 22.8 Å². The summed E-state index contributed by atoms with van der Waals surface area (Å²) in [7, 11) is 0. The fraction of sp³-hybridized carbons (Fsp3) is 0.429. The van der Waals surface area contributed by atoms with E-state index in [2.05, 4.69) is 20.6 Å². The van der Waals surface area contributed by atoms with Crippen LogP contribution < -0.4 is 15.5 Å². The third-order valence-electron chi connectivity index (χ3n) is 5.39. The Balaban J connectivity index is 1.40. The normalized spacial score (nSPS) is 18.5. The van der Waals surface area contributed by atoms with Crippen molar-refractivity contribution in [2.75, 3.05) is 23.3 Å². The molecule has 1 aliphatic carbocycles. The maximum atomic E-state index is 12.8. The average molecular weight is 468 g/mol. The van der Waals surface area contributed by atoms with Crippen LogP contribution in [0.15, 0.2) is 24.4 Å². The Hall–Kier alpha value is -2.88. The zero-order valence-electron chi connectivity index (χ0n) is 17.2. The number of alkyl halides is 3. The zero-order valence-corrected chi connectivity index (χ0v) is 17.9. The molecule has 2 amide bonds. The fourth-order valence-electron chi connectivity index (χ4n) is 3.60. The Morgan fingerprint density at radius 1 is 1.19 bits per heavy atom. The maximum absolute atomic E-state index is 12.8. The highest BCUT2D eigenvalue weighted by Crippen LogP contribution is 2.34. The van der Waals surface area contributed by atoms with Crippen molar-refractivity contribution in [3.05, 3.63) is 46.2 Å². The highest BCUT2D eigenvalue weighted by atomic mass is 35.5. The number of nitrogens with one attached hydrogen (secondary N) is 2. The van der Waals surface area contributed by atoms with Crippen LogP contribution in [-0.4, -0.2) is 40.9 Å². The monoisotopic (exact) mass is 467 g/mol. The molecule has 11 heteroatoms. The Kier molecular flexibility index (Phi) is 5.98. The number of pyridine rings is 2. The van der Waals surface area contributed by atoms with Crippen molar-refractivity contribution in [1.29, 1.82) is 0 Å². The molecule has 0 spiro atoms. The van der Waals surface area contributed by atoms with E-state index in [1.807, 2.05) is 0 Å². The lowest BCUT2D eigenvalue weighted by molar-refractivity contribution is -0.137. The van der Waals surface area contributed by atoms with Crippen molar-refractivity contribution in [3.63, 3.8) is 0 Å². The van der Waals surface area contributed by atoms with Gasteiger partial charge in [-0.3, -0.25) is 9.59 Å². The lowest BCUT2D eigenvalue weighted by Crippen LogP contribution is -2.37. The molecule has 32 heavy (non-hydrogen) atoms. The molecule has 1 saturated heterocycles. The van der Waals surface area contributed by atoms with Crippen molar-refractivity contribution in [1.82, 2.24) is 15.3 Å². The molecule has 2 N–H and O–H groups in total. The average Bonchev–Trinajstić information content (AvgIpc) is 3.47. The van der Waals surface area contributed by atoms with Crippen LogP contribution in [-0.2, 0) is 11.0 Å². The highest BCUT2D eigenvalue weighted by Gasteiger charge is 2.33. The van der Waals surface area contributed by atoms with Gasteiger partial charge >= 0.3 is 6.18 Å². The Morgan fingerprint density at radius 2 is 1.94 bits per heavy atom. The molecule has 0 bridgehead atoms. The van der Waals surface area contributed by atoms with E-state index in [-0.39, 0.29) is 34.6 Å². The van der Waals surface area contributed by atoms with Gasteiger partial charge in [0.05, 0.1) is 10.6 Å². The van der Waals surface area contributed by atoms with Crippen LogP contribution in [0.4, 0.5) is 24.8 Å². The van der Waals surface area contributed by atoms with Crippen LogP contribution in [0.5, 0.6) is 0 Å². The van der Waals surface area contributed by atoms with Gasteiger partial charge in [-0.05, 0) is 44.4 Å². The number of aromatic nitrogens is 2. The molecule has 0 radical (unpaired) electrons. The van der Waals surface area contributed by atoms with Gasteiger partial charge in [0, 0.05) is 42.5 Å². The number of anilines is 2. The van der Waals surface area contributed by atoms with E-state index >= 15 is 0 Å². The van der Waals surface area contributed by atoms with E-state index in [1.165, 1.54) is 6.07 Å². The predicted octanol–water partition coefficient (Wildman–Crippen LogP) is 3.81. The molecular formula is C21H21ClF3N5O2. The third kappa shape index (κ3) is 5.12. The molecule has 4 rings (SSSR count). The molecule has 2 aliphatic rings. The lowest BCUT2D eigenvalue weighted by atomic mass is 10.2. The lowest BCUT2D eigenvalue weighted by Gasteiger charge is -2.20. The number of aryl methyl sites for hydroxylation is 1. The zero-order chi connectivity index (χ0) is 23.0. The van der Waals surface area contributed by atoms with Crippen molar-refractivity contribution < 1.29 is 22.8 Å². The number of hydrogen-bond acceptors (Lipinski definition) is 5. The molecule has 1 unspecified atom stereocenters. The number of rotatable bonds is 5. The quantitative estimate of drug-likeness (QED) is 0.698. The van der Waals surface area contributed by atoms with Crippen LogP contribution in [0.1, 0.15) is 40.9 Å². The first kappa shape index (κ1) is 22.3. The minimum absolute atomic E-state index is 0.0182. The maximum Gasteiger partial charge on any atom is 0.417 e. The standard InChI is InChI=1S/C21H21ClF3N5O2/c1-11-6-13(7-17(27-11)29-19(31)12-2-3-12)20(32)28-15-4-5-30(10-15)18-16(22)8-14(9-26-18)21(23,24)25/h6-9,12,15H,2-5,10H2,1H3,(H,28,32)(H,27,29,31). The number of hydrogen-bond donors (Lipinski definition) is 2. The summed E-state index contributed by atoms with van der Waals surface area (Å²) in [6.45, 7) is 2.58. The van der Waals surface area contributed by atoms with Gasteiger partial charge in [-0.15, -0.1) is 0 Å². The molecule has 1 saturated carbocycles. The van der Waals surface area contributed by atoms with Crippen molar-refractivity contribution in [2.24, 2.45) is 5.92 Å².